The largest absolute Gasteiger partial charge is 0.362 e. The van der Waals surface area contributed by atoms with Crippen molar-refractivity contribution in [3.05, 3.63) is 46.3 Å². The average Bonchev–Trinajstić information content (AvgIpc) is 3.03. The van der Waals surface area contributed by atoms with Gasteiger partial charge in [0.05, 0.1) is 12.8 Å². The lowest BCUT2D eigenvalue weighted by atomic mass is 10.3. The second-order valence-corrected chi connectivity index (χ2v) is 5.83. The number of pyridine rings is 1. The van der Waals surface area contributed by atoms with E-state index in [0.29, 0.717) is 54.7 Å². The topological polar surface area (TPSA) is 87.3 Å². The highest BCUT2D eigenvalue weighted by Gasteiger charge is 2.22. The lowest BCUT2D eigenvalue weighted by Gasteiger charge is -2.36. The van der Waals surface area contributed by atoms with Crippen LogP contribution in [0.3, 0.4) is 0 Å². The summed E-state index contributed by atoms with van der Waals surface area (Å²) in [5, 5.41) is 4.57. The van der Waals surface area contributed by atoms with Gasteiger partial charge >= 0.3 is 0 Å². The summed E-state index contributed by atoms with van der Waals surface area (Å²) in [4.78, 5) is 31.6. The molecule has 1 saturated heterocycles. The first kappa shape index (κ1) is 15.1. The number of aryl methyl sites for hydroxylation is 1. The van der Waals surface area contributed by atoms with Crippen LogP contribution in [0, 0.1) is 6.57 Å². The highest BCUT2D eigenvalue weighted by Crippen LogP contribution is 2.26. The minimum absolute atomic E-state index is 0.185. The van der Waals surface area contributed by atoms with E-state index in [9.17, 15) is 4.79 Å². The van der Waals surface area contributed by atoms with Crippen molar-refractivity contribution in [1.29, 1.82) is 0 Å². The summed E-state index contributed by atoms with van der Waals surface area (Å²) in [5.41, 5.74) is 0.940. The fraction of sp³-hybridized carbons (Fsp3) is 0.312. The average molecular weight is 336 g/mol. The molecule has 1 N–H and O–H groups in total. The molecule has 0 atom stereocenters. The molecule has 1 aliphatic heterocycles. The Morgan fingerprint density at radius 1 is 1.24 bits per heavy atom. The van der Waals surface area contributed by atoms with Crippen LogP contribution in [0.25, 0.3) is 15.9 Å². The zero-order chi connectivity index (χ0) is 17.4. The number of rotatable bonds is 2. The van der Waals surface area contributed by atoms with Gasteiger partial charge in [0.1, 0.15) is 11.2 Å². The standard InChI is InChI=1S/C16H16N8O/c1-17-12-4-3-5-18-14(12)23-6-8-24(9-7-23)16-20-13-11(15(25)21-16)10-19-22(13)2/h3-5,10H,6-9H2,2H3,(H,20,21,25). The van der Waals surface area contributed by atoms with Gasteiger partial charge in [-0.2, -0.15) is 10.1 Å². The number of nitrogens with one attached hydrogen (secondary N) is 1. The number of H-pyrrole nitrogens is 1. The van der Waals surface area contributed by atoms with Crippen LogP contribution in [0.15, 0.2) is 29.3 Å². The van der Waals surface area contributed by atoms with E-state index >= 15 is 0 Å². The molecular weight excluding hydrogens is 320 g/mol. The van der Waals surface area contributed by atoms with Crippen LogP contribution in [0.1, 0.15) is 0 Å². The van der Waals surface area contributed by atoms with Crippen molar-refractivity contribution in [1.82, 2.24) is 24.7 Å². The fourth-order valence-corrected chi connectivity index (χ4v) is 3.02. The highest BCUT2D eigenvalue weighted by molar-refractivity contribution is 5.74. The summed E-state index contributed by atoms with van der Waals surface area (Å²) in [6, 6.07) is 3.54. The first-order chi connectivity index (χ1) is 12.2. The Morgan fingerprint density at radius 2 is 2.00 bits per heavy atom. The van der Waals surface area contributed by atoms with Crippen molar-refractivity contribution in [2.45, 2.75) is 0 Å². The molecule has 0 aromatic carbocycles. The number of anilines is 2. The molecule has 4 rings (SSSR count). The van der Waals surface area contributed by atoms with E-state index < -0.39 is 0 Å². The monoisotopic (exact) mass is 336 g/mol. The van der Waals surface area contributed by atoms with Crippen molar-refractivity contribution in [2.75, 3.05) is 36.0 Å². The molecule has 0 bridgehead atoms. The zero-order valence-corrected chi connectivity index (χ0v) is 13.7. The van der Waals surface area contributed by atoms with Crippen LogP contribution < -0.4 is 15.4 Å². The number of aromatic amines is 1. The molecule has 3 aromatic rings. The third-order valence-electron chi connectivity index (χ3n) is 4.35. The van der Waals surface area contributed by atoms with Gasteiger partial charge in [-0.25, -0.2) is 4.85 Å². The number of aromatic nitrogens is 5. The zero-order valence-electron chi connectivity index (χ0n) is 13.7. The molecule has 0 radical (unpaired) electrons. The number of nitrogens with zero attached hydrogens (tertiary/aromatic N) is 7. The van der Waals surface area contributed by atoms with Crippen molar-refractivity contribution < 1.29 is 0 Å². The predicted molar refractivity (Wildman–Crippen MR) is 94.1 cm³/mol. The number of hydrogen-bond acceptors (Lipinski definition) is 6. The number of fused-ring (bicyclic) bond motifs is 1. The Kier molecular flexibility index (Phi) is 3.57. The van der Waals surface area contributed by atoms with Crippen LogP contribution in [-0.4, -0.2) is 50.9 Å². The van der Waals surface area contributed by atoms with Crippen LogP contribution in [-0.2, 0) is 7.05 Å². The van der Waals surface area contributed by atoms with Gasteiger partial charge in [-0.3, -0.25) is 19.4 Å². The van der Waals surface area contributed by atoms with Crippen molar-refractivity contribution >= 4 is 28.5 Å². The predicted octanol–water partition coefficient (Wildman–Crippen LogP) is 0.929. The summed E-state index contributed by atoms with van der Waals surface area (Å²) >= 11 is 0. The maximum Gasteiger partial charge on any atom is 0.263 e. The Morgan fingerprint density at radius 3 is 2.76 bits per heavy atom. The van der Waals surface area contributed by atoms with Crippen LogP contribution in [0.4, 0.5) is 17.5 Å². The van der Waals surface area contributed by atoms with Crippen molar-refractivity contribution in [2.24, 2.45) is 7.05 Å². The highest BCUT2D eigenvalue weighted by atomic mass is 16.1. The van der Waals surface area contributed by atoms with Crippen molar-refractivity contribution in [3.8, 4) is 0 Å². The minimum atomic E-state index is -0.185. The maximum absolute atomic E-state index is 12.2. The van der Waals surface area contributed by atoms with Gasteiger partial charge < -0.3 is 9.80 Å². The summed E-state index contributed by atoms with van der Waals surface area (Å²) in [6.45, 7) is 10.0. The second-order valence-electron chi connectivity index (χ2n) is 5.83. The van der Waals surface area contributed by atoms with Gasteiger partial charge in [0.25, 0.3) is 5.56 Å². The lowest BCUT2D eigenvalue weighted by molar-refractivity contribution is 0.635. The molecule has 3 aromatic heterocycles. The first-order valence-electron chi connectivity index (χ1n) is 7.92. The fourth-order valence-electron chi connectivity index (χ4n) is 3.02. The molecule has 0 saturated carbocycles. The van der Waals surface area contributed by atoms with Crippen molar-refractivity contribution in [3.63, 3.8) is 0 Å². The summed E-state index contributed by atoms with van der Waals surface area (Å²) < 4.78 is 1.60. The summed E-state index contributed by atoms with van der Waals surface area (Å²) in [6.07, 6.45) is 3.22. The molecule has 0 aliphatic carbocycles. The van der Waals surface area contributed by atoms with Gasteiger partial charge in [-0.05, 0) is 0 Å². The van der Waals surface area contributed by atoms with E-state index in [4.69, 9.17) is 6.57 Å². The number of hydrogen-bond donors (Lipinski definition) is 1. The molecule has 0 unspecified atom stereocenters. The Bertz CT molecular complexity index is 1020. The van der Waals surface area contributed by atoms with Gasteiger partial charge in [-0.1, -0.05) is 12.1 Å². The molecule has 1 fully saturated rings. The molecule has 9 nitrogen and oxygen atoms in total. The summed E-state index contributed by atoms with van der Waals surface area (Å²) in [7, 11) is 1.77. The molecule has 25 heavy (non-hydrogen) atoms. The van der Waals surface area contributed by atoms with E-state index in [2.05, 4.69) is 29.8 Å². The van der Waals surface area contributed by atoms with Crippen LogP contribution >= 0.6 is 0 Å². The van der Waals surface area contributed by atoms with E-state index in [-0.39, 0.29) is 5.56 Å². The smallest absolute Gasteiger partial charge is 0.263 e. The first-order valence-corrected chi connectivity index (χ1v) is 7.92. The van der Waals surface area contributed by atoms with Gasteiger partial charge in [0, 0.05) is 39.4 Å². The SMILES string of the molecule is [C-]#[N+]c1cccnc1N1CCN(c2nc3c(cnn3C)c(=O)[nH]2)CC1. The lowest BCUT2D eigenvalue weighted by Crippen LogP contribution is -2.47. The summed E-state index contributed by atoms with van der Waals surface area (Å²) in [5.74, 6) is 1.26. The van der Waals surface area contributed by atoms with Gasteiger partial charge in [0.2, 0.25) is 11.6 Å². The maximum atomic E-state index is 12.2. The van der Waals surface area contributed by atoms with Crippen LogP contribution in [0.2, 0.25) is 0 Å². The molecule has 0 amide bonds. The van der Waals surface area contributed by atoms with E-state index in [0.717, 1.165) is 0 Å². The van der Waals surface area contributed by atoms with E-state index in [1.807, 2.05) is 4.90 Å². The number of piperazine rings is 1. The third kappa shape index (κ3) is 2.57. The minimum Gasteiger partial charge on any atom is -0.362 e. The second kappa shape index (κ2) is 5.90. The van der Waals surface area contributed by atoms with E-state index in [1.54, 1.807) is 30.1 Å². The Balaban J connectivity index is 1.57. The Labute approximate surface area is 143 Å². The molecule has 9 heteroatoms. The normalized spacial score (nSPS) is 14.7. The molecule has 126 valence electrons. The van der Waals surface area contributed by atoms with Gasteiger partial charge in [-0.15, -0.1) is 0 Å². The molecule has 4 heterocycles. The molecule has 1 aliphatic rings. The van der Waals surface area contributed by atoms with E-state index in [1.165, 1.54) is 6.20 Å². The molecular formula is C16H16N8O. The third-order valence-corrected chi connectivity index (χ3v) is 4.35. The van der Waals surface area contributed by atoms with Gasteiger partial charge in [0.15, 0.2) is 5.65 Å². The Hall–Kier alpha value is -3.41. The molecule has 0 spiro atoms. The van der Waals surface area contributed by atoms with Crippen LogP contribution in [0.5, 0.6) is 0 Å². The quantitative estimate of drug-likeness (QED) is 0.701.